The number of nitrogens with two attached hydrogens (primary N) is 2. The largest absolute Gasteiger partial charge is 0.326 e. The maximum Gasteiger partial charge on any atom is 0.223 e. The van der Waals surface area contributed by atoms with Crippen LogP contribution in [-0.4, -0.2) is 47.3 Å². The van der Waals surface area contributed by atoms with E-state index in [1.165, 1.54) is 15.8 Å². The minimum Gasteiger partial charge on any atom is -0.326 e. The highest BCUT2D eigenvalue weighted by molar-refractivity contribution is 7.19. The summed E-state index contributed by atoms with van der Waals surface area (Å²) in [6.45, 7) is 0.888. The molecule has 56 heavy (non-hydrogen) atoms. The van der Waals surface area contributed by atoms with Crippen molar-refractivity contribution in [3.63, 3.8) is 0 Å². The molecule has 3 unspecified atom stereocenters. The van der Waals surface area contributed by atoms with Crippen LogP contribution < -0.4 is 27.4 Å². The Hall–Kier alpha value is -5.10. The van der Waals surface area contributed by atoms with Crippen molar-refractivity contribution in [1.82, 2.24) is 25.9 Å². The van der Waals surface area contributed by atoms with Crippen molar-refractivity contribution in [1.29, 1.82) is 0 Å². The highest BCUT2D eigenvalue weighted by Gasteiger charge is 2.61. The van der Waals surface area contributed by atoms with Gasteiger partial charge in [-0.05, 0) is 94.6 Å². The third-order valence-corrected chi connectivity index (χ3v) is 12.2. The van der Waals surface area contributed by atoms with Gasteiger partial charge in [0.1, 0.15) is 0 Å². The zero-order valence-corrected chi connectivity index (χ0v) is 32.5. The number of aliphatic imine (C=N–C) groups is 1. The molecule has 0 saturated heterocycles. The number of pyridine rings is 2. The number of halogens is 1. The molecule has 1 aliphatic rings. The Kier molecular flexibility index (Phi) is 11.2. The number of nitrogens with one attached hydrogen (secondary N) is 3. The van der Waals surface area contributed by atoms with Gasteiger partial charge in [0.15, 0.2) is 0 Å². The van der Waals surface area contributed by atoms with Gasteiger partial charge in [0, 0.05) is 70.8 Å². The third-order valence-electron chi connectivity index (χ3n) is 10.7. The molecule has 4 heterocycles. The lowest BCUT2D eigenvalue weighted by molar-refractivity contribution is 0.112. The minimum atomic E-state index is -1.23. The topological polar surface area (TPSA) is 126 Å². The van der Waals surface area contributed by atoms with E-state index in [1.807, 2.05) is 73.3 Å². The summed E-state index contributed by atoms with van der Waals surface area (Å²) in [7, 11) is 0. The number of hydrogen-bond donors (Lipinski definition) is 5. The Morgan fingerprint density at radius 1 is 0.625 bits per heavy atom. The summed E-state index contributed by atoms with van der Waals surface area (Å²) in [6, 6.07) is 47.4. The molecule has 4 aromatic carbocycles. The van der Waals surface area contributed by atoms with Crippen LogP contribution in [0.5, 0.6) is 0 Å². The predicted molar refractivity (Wildman–Crippen MR) is 230 cm³/mol. The van der Waals surface area contributed by atoms with Crippen molar-refractivity contribution in [2.24, 2.45) is 16.5 Å². The zero-order chi connectivity index (χ0) is 38.4. The lowest BCUT2D eigenvalue weighted by Gasteiger charge is -2.57. The Balaban J connectivity index is 1.34. The van der Waals surface area contributed by atoms with Crippen molar-refractivity contribution >= 4 is 39.2 Å². The Morgan fingerprint density at radius 3 is 1.68 bits per heavy atom. The van der Waals surface area contributed by atoms with E-state index >= 15 is 0 Å². The highest BCUT2D eigenvalue weighted by Crippen LogP contribution is 2.55. The maximum atomic E-state index is 6.90. The molecule has 10 heteroatoms. The van der Waals surface area contributed by atoms with Crippen molar-refractivity contribution < 1.29 is 0 Å². The van der Waals surface area contributed by atoms with Crippen LogP contribution in [0.25, 0.3) is 10.1 Å². The molecular weight excluding hydrogens is 732 g/mol. The second-order valence-corrected chi connectivity index (χ2v) is 16.0. The predicted octanol–water partition coefficient (Wildman–Crippen LogP) is 7.18. The Morgan fingerprint density at radius 2 is 1.14 bits per heavy atom. The number of nitrogens with zero attached hydrogens (tertiary/aromatic N) is 3. The molecule has 3 atom stereocenters. The van der Waals surface area contributed by atoms with Gasteiger partial charge in [-0.1, -0.05) is 103 Å². The second kappa shape index (κ2) is 16.6. The second-order valence-electron chi connectivity index (χ2n) is 14.4. The summed E-state index contributed by atoms with van der Waals surface area (Å²) in [6.07, 6.45) is 10.9. The van der Waals surface area contributed by atoms with Crippen molar-refractivity contribution in [3.8, 4) is 0 Å². The molecule has 0 saturated carbocycles. The van der Waals surface area contributed by atoms with Gasteiger partial charge in [-0.15, -0.1) is 11.3 Å². The molecule has 282 valence electrons. The fourth-order valence-electron chi connectivity index (χ4n) is 8.01. The van der Waals surface area contributed by atoms with Gasteiger partial charge in [-0.3, -0.25) is 25.9 Å². The van der Waals surface area contributed by atoms with Gasteiger partial charge < -0.3 is 11.5 Å². The number of benzene rings is 4. The monoisotopic (exact) mass is 776 g/mol. The van der Waals surface area contributed by atoms with Crippen LogP contribution in [0, 0.1) is 0 Å². The SMILES string of the molecule is NC(CNC1(NCC(N)Cc2ccccc2)N=CC(c2ccc(Cl)cc2)(c2cc3ccccc3s2)C(c2ccncc2)(c2ccncc2)N1)Cc1ccccc1. The minimum absolute atomic E-state index is 0.215. The zero-order valence-electron chi connectivity index (χ0n) is 30.9. The van der Waals surface area contributed by atoms with Crippen molar-refractivity contribution in [3.05, 3.63) is 202 Å². The van der Waals surface area contributed by atoms with Crippen LogP contribution in [-0.2, 0) is 23.8 Å². The summed E-state index contributed by atoms with van der Waals surface area (Å²) in [5.41, 5.74) is 17.2. The first-order valence-electron chi connectivity index (χ1n) is 18.9. The van der Waals surface area contributed by atoms with E-state index in [1.54, 1.807) is 11.3 Å². The average molecular weight is 777 g/mol. The van der Waals surface area contributed by atoms with Crippen LogP contribution in [0.3, 0.4) is 0 Å². The molecular formula is C46H45ClN8S. The van der Waals surface area contributed by atoms with Crippen LogP contribution >= 0.6 is 22.9 Å². The molecule has 7 aromatic rings. The van der Waals surface area contributed by atoms with Crippen LogP contribution in [0.2, 0.25) is 5.02 Å². The normalized spacial score (nSPS) is 20.1. The quantitative estimate of drug-likeness (QED) is 0.0742. The molecule has 8 nitrogen and oxygen atoms in total. The number of fused-ring (bicyclic) bond motifs is 1. The van der Waals surface area contributed by atoms with Crippen LogP contribution in [0.15, 0.2) is 169 Å². The Labute approximate surface area is 337 Å². The summed E-state index contributed by atoms with van der Waals surface area (Å²) in [4.78, 5) is 15.6. The van der Waals surface area contributed by atoms with Gasteiger partial charge >= 0.3 is 0 Å². The molecule has 7 N–H and O–H groups in total. The van der Waals surface area contributed by atoms with Crippen LogP contribution in [0.4, 0.5) is 0 Å². The number of rotatable bonds is 14. The lowest BCUT2D eigenvalue weighted by Crippen LogP contribution is -2.78. The first-order chi connectivity index (χ1) is 27.4. The number of thiophene rings is 1. The molecule has 0 aliphatic carbocycles. The lowest BCUT2D eigenvalue weighted by atomic mass is 9.58. The van der Waals surface area contributed by atoms with E-state index in [0.29, 0.717) is 31.0 Å². The van der Waals surface area contributed by atoms with Crippen molar-refractivity contribution in [2.45, 2.75) is 41.8 Å². The summed E-state index contributed by atoms with van der Waals surface area (Å²) >= 11 is 8.36. The molecule has 0 radical (unpaired) electrons. The fourth-order valence-corrected chi connectivity index (χ4v) is 9.44. The third kappa shape index (κ3) is 7.55. The summed E-state index contributed by atoms with van der Waals surface area (Å²) < 4.78 is 1.18. The molecule has 0 fully saturated rings. The number of aromatic nitrogens is 2. The first-order valence-corrected chi connectivity index (χ1v) is 20.1. The smallest absolute Gasteiger partial charge is 0.223 e. The van der Waals surface area contributed by atoms with E-state index in [9.17, 15) is 0 Å². The van der Waals surface area contributed by atoms with Gasteiger partial charge in [0.2, 0.25) is 5.91 Å². The van der Waals surface area contributed by atoms with E-state index in [2.05, 4.69) is 123 Å². The first kappa shape index (κ1) is 37.8. The molecule has 0 spiro atoms. The van der Waals surface area contributed by atoms with Gasteiger partial charge in [-0.25, -0.2) is 4.99 Å². The van der Waals surface area contributed by atoms with E-state index in [4.69, 9.17) is 28.1 Å². The van der Waals surface area contributed by atoms with E-state index in [-0.39, 0.29) is 12.1 Å². The van der Waals surface area contributed by atoms with Crippen molar-refractivity contribution in [2.75, 3.05) is 13.1 Å². The van der Waals surface area contributed by atoms with E-state index < -0.39 is 16.9 Å². The van der Waals surface area contributed by atoms with Gasteiger partial charge in [0.25, 0.3) is 0 Å². The molecule has 1 aliphatic heterocycles. The molecule has 0 amide bonds. The highest BCUT2D eigenvalue weighted by atomic mass is 35.5. The maximum absolute atomic E-state index is 6.90. The fraction of sp³-hybridized carbons (Fsp3) is 0.196. The van der Waals surface area contributed by atoms with Crippen LogP contribution in [0.1, 0.15) is 32.7 Å². The van der Waals surface area contributed by atoms with E-state index in [0.717, 1.165) is 27.0 Å². The summed E-state index contributed by atoms with van der Waals surface area (Å²) in [5, 5.41) is 13.6. The Bertz CT molecular complexity index is 2230. The molecule has 3 aromatic heterocycles. The molecule has 8 rings (SSSR count). The summed E-state index contributed by atoms with van der Waals surface area (Å²) in [5.74, 6) is -1.23. The average Bonchev–Trinajstić information content (AvgIpc) is 3.69. The van der Waals surface area contributed by atoms with Gasteiger partial charge in [-0.2, -0.15) is 0 Å². The number of hydrogen-bond acceptors (Lipinski definition) is 9. The van der Waals surface area contributed by atoms with Gasteiger partial charge in [0.05, 0.1) is 11.0 Å². The standard InChI is InChI=1S/C46H45ClN8S/c47-39-17-15-36(16-18-39)44(43-29-35-13-7-8-14-42(35)56-43)32-54-46(52-30-40(48)27-33-9-3-1-4-10-33,53-31-41(49)28-34-11-5-2-6-12-34)55-45(44,37-19-23-50-24-20-37)38-21-25-51-26-22-38/h1-26,29,32,40-41,52-53,55H,27-28,30-31,48-49H2. The molecule has 0 bridgehead atoms.